The second kappa shape index (κ2) is 5.77. The normalized spacial score (nSPS) is 10.5. The van der Waals surface area contributed by atoms with Crippen LogP contribution < -0.4 is 16.9 Å². The summed E-state index contributed by atoms with van der Waals surface area (Å²) in [5.74, 6) is 0. The summed E-state index contributed by atoms with van der Waals surface area (Å²) in [4.78, 5) is 12.0. The molecule has 4 heteroatoms. The van der Waals surface area contributed by atoms with Crippen LogP contribution in [0.3, 0.4) is 0 Å². The van der Waals surface area contributed by atoms with Gasteiger partial charge in [0.2, 0.25) is 0 Å². The van der Waals surface area contributed by atoms with Crippen molar-refractivity contribution in [3.63, 3.8) is 0 Å². The summed E-state index contributed by atoms with van der Waals surface area (Å²) in [6.45, 7) is 0. The molecule has 0 saturated heterocycles. The van der Waals surface area contributed by atoms with Crippen molar-refractivity contribution >= 4 is 31.8 Å². The van der Waals surface area contributed by atoms with Crippen molar-refractivity contribution in [1.82, 2.24) is 0 Å². The maximum atomic E-state index is 12.0. The standard InChI is InChI=1S/C17H14N2OTe/c18-13-5-1-11(2-6-13)16-9-15(20)10-17(21-16)12-3-7-14(19)8-4-12/h1-10H,18-19H2. The average molecular weight is 390 g/mol. The first-order valence-corrected chi connectivity index (χ1v) is 8.82. The van der Waals surface area contributed by atoms with Crippen molar-refractivity contribution in [2.45, 2.75) is 0 Å². The molecule has 0 amide bonds. The number of rotatable bonds is 2. The zero-order chi connectivity index (χ0) is 14.8. The van der Waals surface area contributed by atoms with Crippen LogP contribution in [-0.2, 0) is 0 Å². The van der Waals surface area contributed by atoms with Crippen LogP contribution >= 0.6 is 0 Å². The summed E-state index contributed by atoms with van der Waals surface area (Å²) in [5.41, 5.74) is 15.1. The minimum atomic E-state index is -0.606. The molecule has 1 aromatic heterocycles. The molecule has 3 aromatic rings. The fourth-order valence-corrected chi connectivity index (χ4v) is 5.18. The van der Waals surface area contributed by atoms with Crippen molar-refractivity contribution in [3.8, 4) is 18.3 Å². The van der Waals surface area contributed by atoms with E-state index in [1.165, 1.54) is 0 Å². The van der Waals surface area contributed by atoms with Gasteiger partial charge in [0.15, 0.2) is 0 Å². The molecule has 2 aromatic carbocycles. The Balaban J connectivity index is 2.10. The van der Waals surface area contributed by atoms with Gasteiger partial charge in [0.05, 0.1) is 0 Å². The molecule has 3 rings (SSSR count). The molecule has 104 valence electrons. The fraction of sp³-hybridized carbons (Fsp3) is 0. The third-order valence-corrected chi connectivity index (χ3v) is 6.43. The van der Waals surface area contributed by atoms with E-state index in [0.717, 1.165) is 29.7 Å². The molecule has 0 aliphatic rings. The van der Waals surface area contributed by atoms with Gasteiger partial charge in [0.25, 0.3) is 0 Å². The number of hydrogen-bond acceptors (Lipinski definition) is 3. The first-order chi connectivity index (χ1) is 10.1. The van der Waals surface area contributed by atoms with Gasteiger partial charge < -0.3 is 0 Å². The Morgan fingerprint density at radius 3 is 1.43 bits per heavy atom. The van der Waals surface area contributed by atoms with E-state index in [2.05, 4.69) is 0 Å². The molecular formula is C17H14N2OTe. The quantitative estimate of drug-likeness (QED) is 0.523. The minimum absolute atomic E-state index is 0.0463. The zero-order valence-electron chi connectivity index (χ0n) is 11.2. The summed E-state index contributed by atoms with van der Waals surface area (Å²) in [5, 5.41) is 0. The van der Waals surface area contributed by atoms with Crippen LogP contribution in [0.1, 0.15) is 0 Å². The molecule has 4 N–H and O–H groups in total. The number of nitrogen functional groups attached to an aromatic ring is 2. The zero-order valence-corrected chi connectivity index (χ0v) is 13.6. The molecule has 0 radical (unpaired) electrons. The molecule has 3 nitrogen and oxygen atoms in total. The van der Waals surface area contributed by atoms with Crippen molar-refractivity contribution in [3.05, 3.63) is 70.9 Å². The van der Waals surface area contributed by atoms with E-state index in [-0.39, 0.29) is 5.43 Å². The summed E-state index contributed by atoms with van der Waals surface area (Å²) >= 11 is -0.606. The molecule has 0 unspecified atom stereocenters. The van der Waals surface area contributed by atoms with Gasteiger partial charge in [-0.2, -0.15) is 0 Å². The van der Waals surface area contributed by atoms with E-state index in [0.29, 0.717) is 0 Å². The van der Waals surface area contributed by atoms with Crippen molar-refractivity contribution in [2.24, 2.45) is 0 Å². The Bertz CT molecular complexity index is 754. The van der Waals surface area contributed by atoms with Crippen LogP contribution in [0, 0.1) is 0 Å². The number of hydrogen-bond donors (Lipinski definition) is 2. The van der Waals surface area contributed by atoms with E-state index >= 15 is 0 Å². The molecule has 0 atom stereocenters. The Labute approximate surface area is 132 Å². The van der Waals surface area contributed by atoms with Crippen LogP contribution in [0.4, 0.5) is 11.4 Å². The topological polar surface area (TPSA) is 69.1 Å². The summed E-state index contributed by atoms with van der Waals surface area (Å²) in [6, 6.07) is 18.9. The summed E-state index contributed by atoms with van der Waals surface area (Å²) < 4.78 is 2.28. The van der Waals surface area contributed by atoms with Crippen LogP contribution in [0.2, 0.25) is 0 Å². The predicted octanol–water partition coefficient (Wildman–Crippen LogP) is 2.60. The van der Waals surface area contributed by atoms with Gasteiger partial charge in [0, 0.05) is 0 Å². The molecule has 0 aliphatic heterocycles. The van der Waals surface area contributed by atoms with E-state index < -0.39 is 20.4 Å². The van der Waals surface area contributed by atoms with Gasteiger partial charge in [-0.1, -0.05) is 0 Å². The van der Waals surface area contributed by atoms with Crippen LogP contribution in [0.25, 0.3) is 18.3 Å². The van der Waals surface area contributed by atoms with Crippen molar-refractivity contribution in [1.29, 1.82) is 0 Å². The molecule has 1 heterocycles. The third-order valence-electron chi connectivity index (χ3n) is 3.16. The SMILES string of the molecule is Nc1ccc(-c2cc(=O)cc(-c3ccc(N)cc3)[te]2)cc1. The predicted molar refractivity (Wildman–Crippen MR) is 89.3 cm³/mol. The molecule has 0 saturated carbocycles. The van der Waals surface area contributed by atoms with Gasteiger partial charge in [-0.05, 0) is 0 Å². The Kier molecular flexibility index (Phi) is 3.83. The Morgan fingerprint density at radius 2 is 1.05 bits per heavy atom. The molecule has 21 heavy (non-hydrogen) atoms. The molecule has 0 fully saturated rings. The van der Waals surface area contributed by atoms with Gasteiger partial charge >= 0.3 is 132 Å². The second-order valence-corrected chi connectivity index (χ2v) is 7.86. The summed E-state index contributed by atoms with van der Waals surface area (Å²) in [6.07, 6.45) is 0. The molecule has 0 aliphatic carbocycles. The fourth-order valence-electron chi connectivity index (χ4n) is 2.06. The maximum absolute atomic E-state index is 12.0. The van der Waals surface area contributed by atoms with Crippen molar-refractivity contribution in [2.75, 3.05) is 11.5 Å². The van der Waals surface area contributed by atoms with Crippen LogP contribution in [0.5, 0.6) is 0 Å². The van der Waals surface area contributed by atoms with Crippen LogP contribution in [0.15, 0.2) is 65.5 Å². The molecule has 0 spiro atoms. The van der Waals surface area contributed by atoms with E-state index in [1.807, 2.05) is 48.5 Å². The van der Waals surface area contributed by atoms with E-state index in [9.17, 15) is 4.79 Å². The van der Waals surface area contributed by atoms with Gasteiger partial charge in [-0.15, -0.1) is 0 Å². The number of anilines is 2. The van der Waals surface area contributed by atoms with Gasteiger partial charge in [0.1, 0.15) is 0 Å². The Morgan fingerprint density at radius 1 is 0.667 bits per heavy atom. The molecular weight excluding hydrogens is 376 g/mol. The first kappa shape index (κ1) is 13.9. The van der Waals surface area contributed by atoms with E-state index in [1.54, 1.807) is 12.1 Å². The Hall–Kier alpha value is -2.02. The average Bonchev–Trinajstić information content (AvgIpc) is 2.48. The second-order valence-electron chi connectivity index (χ2n) is 4.77. The molecule has 0 bridgehead atoms. The first-order valence-electron chi connectivity index (χ1n) is 6.49. The monoisotopic (exact) mass is 392 g/mol. The summed E-state index contributed by atoms with van der Waals surface area (Å²) in [7, 11) is 0. The van der Waals surface area contributed by atoms with Gasteiger partial charge in [-0.3, -0.25) is 0 Å². The van der Waals surface area contributed by atoms with Crippen molar-refractivity contribution < 1.29 is 0 Å². The third kappa shape index (κ3) is 3.18. The number of nitrogens with two attached hydrogens (primary N) is 2. The van der Waals surface area contributed by atoms with E-state index in [4.69, 9.17) is 11.5 Å². The van der Waals surface area contributed by atoms with Gasteiger partial charge in [-0.25, -0.2) is 0 Å². The van der Waals surface area contributed by atoms with Crippen LogP contribution in [-0.4, -0.2) is 20.4 Å². The number of benzene rings is 2.